The van der Waals surface area contributed by atoms with Crippen LogP contribution >= 0.6 is 11.8 Å². The molecule has 3 N–H and O–H groups in total. The summed E-state index contributed by atoms with van der Waals surface area (Å²) in [7, 11) is 0. The lowest BCUT2D eigenvalue weighted by Crippen LogP contribution is -2.45. The second-order valence-electron chi connectivity index (χ2n) is 3.53. The van der Waals surface area contributed by atoms with Crippen molar-refractivity contribution in [1.82, 2.24) is 0 Å². The number of carboxylic acids is 1. The molecule has 0 aliphatic rings. The van der Waals surface area contributed by atoms with Crippen molar-refractivity contribution in [1.29, 1.82) is 0 Å². The summed E-state index contributed by atoms with van der Waals surface area (Å²) in [6.07, 6.45) is -1.31. The van der Waals surface area contributed by atoms with Crippen molar-refractivity contribution in [3.05, 3.63) is 30.3 Å². The van der Waals surface area contributed by atoms with Gasteiger partial charge in [-0.25, -0.2) is 0 Å². The smallest absolute Gasteiger partial charge is 0.322 e. The van der Waals surface area contributed by atoms with Gasteiger partial charge in [0.25, 0.3) is 0 Å². The number of carboxylic acid groups (broad SMARTS) is 1. The van der Waals surface area contributed by atoms with Gasteiger partial charge >= 0.3 is 5.97 Å². The monoisotopic (exact) mass is 242 g/mol. The fraction of sp³-hybridized carbons (Fsp3) is 0.364. The fourth-order valence-electron chi connectivity index (χ4n) is 1.16. The number of hydrogen-bond acceptors (Lipinski definition) is 4. The molecule has 0 aromatic heterocycles. The Balaban J connectivity index is 2.92. The van der Waals surface area contributed by atoms with E-state index >= 15 is 0 Å². The standard InChI is InChI=1S/C11H14O4S/c1-11(10(14)15,9(13)7-12)16-8-5-3-2-4-6-8/h2-6,9,12-13H,7H2,1H3,(H,14,15). The van der Waals surface area contributed by atoms with Crippen LogP contribution in [0.2, 0.25) is 0 Å². The zero-order valence-corrected chi connectivity index (χ0v) is 9.65. The summed E-state index contributed by atoms with van der Waals surface area (Å²) >= 11 is 1.02. The molecule has 0 aliphatic heterocycles. The molecule has 0 amide bonds. The summed E-state index contributed by atoms with van der Waals surface area (Å²) in [6, 6.07) is 8.92. The van der Waals surface area contributed by atoms with Crippen LogP contribution in [0.15, 0.2) is 35.2 Å². The van der Waals surface area contributed by atoms with E-state index in [1.165, 1.54) is 6.92 Å². The molecule has 0 spiro atoms. The van der Waals surface area contributed by atoms with E-state index in [9.17, 15) is 9.90 Å². The molecule has 0 saturated heterocycles. The van der Waals surface area contributed by atoms with Gasteiger partial charge in [-0.2, -0.15) is 0 Å². The first-order chi connectivity index (χ1) is 7.50. The van der Waals surface area contributed by atoms with Crippen molar-refractivity contribution in [2.24, 2.45) is 0 Å². The third-order valence-corrected chi connectivity index (χ3v) is 3.69. The SMILES string of the molecule is CC(Sc1ccccc1)(C(=O)O)C(O)CO. The second-order valence-corrected chi connectivity index (χ2v) is 5.05. The van der Waals surface area contributed by atoms with Gasteiger partial charge in [0.05, 0.1) is 6.61 Å². The predicted molar refractivity (Wildman–Crippen MR) is 61.4 cm³/mol. The first-order valence-corrected chi connectivity index (χ1v) is 5.58. The van der Waals surface area contributed by atoms with Gasteiger partial charge in [0.15, 0.2) is 0 Å². The van der Waals surface area contributed by atoms with Gasteiger partial charge < -0.3 is 15.3 Å². The lowest BCUT2D eigenvalue weighted by molar-refractivity contribution is -0.143. The van der Waals surface area contributed by atoms with E-state index in [0.717, 1.165) is 16.7 Å². The normalized spacial score (nSPS) is 16.4. The Morgan fingerprint density at radius 3 is 2.44 bits per heavy atom. The van der Waals surface area contributed by atoms with Gasteiger partial charge in [-0.15, -0.1) is 11.8 Å². The van der Waals surface area contributed by atoms with Crippen LogP contribution in [0.4, 0.5) is 0 Å². The number of rotatable bonds is 5. The van der Waals surface area contributed by atoms with Crippen molar-refractivity contribution < 1.29 is 20.1 Å². The lowest BCUT2D eigenvalue weighted by Gasteiger charge is -2.28. The molecule has 0 radical (unpaired) electrons. The Kier molecular flexibility index (Phi) is 4.35. The number of thioether (sulfide) groups is 1. The molecule has 5 heteroatoms. The summed E-state index contributed by atoms with van der Waals surface area (Å²) in [5.74, 6) is -1.15. The molecule has 1 aromatic carbocycles. The molecule has 0 fully saturated rings. The first-order valence-electron chi connectivity index (χ1n) is 4.77. The average molecular weight is 242 g/mol. The number of carbonyl (C=O) groups is 1. The van der Waals surface area contributed by atoms with Crippen molar-refractivity contribution in [3.63, 3.8) is 0 Å². The summed E-state index contributed by atoms with van der Waals surface area (Å²) in [5.41, 5.74) is 0. The maximum Gasteiger partial charge on any atom is 0.322 e. The Morgan fingerprint density at radius 1 is 1.44 bits per heavy atom. The molecule has 0 bridgehead atoms. The average Bonchev–Trinajstić information content (AvgIpc) is 2.28. The highest BCUT2D eigenvalue weighted by Crippen LogP contribution is 2.35. The predicted octanol–water partition coefficient (Wildman–Crippen LogP) is 0.975. The third kappa shape index (κ3) is 2.75. The van der Waals surface area contributed by atoms with Crippen LogP contribution < -0.4 is 0 Å². The molecule has 2 atom stereocenters. The van der Waals surface area contributed by atoms with Crippen LogP contribution in [0.5, 0.6) is 0 Å². The molecule has 2 unspecified atom stereocenters. The molecule has 4 nitrogen and oxygen atoms in total. The van der Waals surface area contributed by atoms with E-state index in [-0.39, 0.29) is 0 Å². The van der Waals surface area contributed by atoms with Gasteiger partial charge in [-0.1, -0.05) is 18.2 Å². The number of aliphatic hydroxyl groups excluding tert-OH is 2. The third-order valence-electron chi connectivity index (χ3n) is 2.31. The van der Waals surface area contributed by atoms with E-state index in [1.807, 2.05) is 6.07 Å². The zero-order chi connectivity index (χ0) is 12.2. The van der Waals surface area contributed by atoms with E-state index in [1.54, 1.807) is 24.3 Å². The van der Waals surface area contributed by atoms with Crippen LogP contribution in [0.25, 0.3) is 0 Å². The van der Waals surface area contributed by atoms with Gasteiger partial charge in [0.1, 0.15) is 10.9 Å². The van der Waals surface area contributed by atoms with E-state index in [0.29, 0.717) is 0 Å². The summed E-state index contributed by atoms with van der Waals surface area (Å²) in [4.78, 5) is 11.9. The van der Waals surface area contributed by atoms with Crippen molar-refractivity contribution in [2.75, 3.05) is 6.61 Å². The summed E-state index contributed by atoms with van der Waals surface area (Å²) in [6.45, 7) is 0.816. The Morgan fingerprint density at radius 2 is 2.00 bits per heavy atom. The van der Waals surface area contributed by atoms with Gasteiger partial charge in [-0.3, -0.25) is 4.79 Å². The molecule has 0 saturated carbocycles. The largest absolute Gasteiger partial charge is 0.480 e. The van der Waals surface area contributed by atoms with Gasteiger partial charge in [-0.05, 0) is 19.1 Å². The molecule has 1 aromatic rings. The fourth-order valence-corrected chi connectivity index (χ4v) is 2.24. The maximum absolute atomic E-state index is 11.1. The highest BCUT2D eigenvalue weighted by atomic mass is 32.2. The maximum atomic E-state index is 11.1. The Bertz CT molecular complexity index is 354. The number of aliphatic hydroxyl groups is 2. The van der Waals surface area contributed by atoms with Crippen LogP contribution in [0.1, 0.15) is 6.92 Å². The minimum Gasteiger partial charge on any atom is -0.480 e. The molecule has 0 heterocycles. The first kappa shape index (κ1) is 13.0. The van der Waals surface area contributed by atoms with Crippen molar-refractivity contribution >= 4 is 17.7 Å². The van der Waals surface area contributed by atoms with E-state index in [2.05, 4.69) is 0 Å². The number of aliphatic carboxylic acids is 1. The van der Waals surface area contributed by atoms with Crippen LogP contribution in [0, 0.1) is 0 Å². The molecule has 0 aliphatic carbocycles. The summed E-state index contributed by atoms with van der Waals surface area (Å²) < 4.78 is -1.45. The highest BCUT2D eigenvalue weighted by Gasteiger charge is 2.41. The van der Waals surface area contributed by atoms with Gasteiger partial charge in [0.2, 0.25) is 0 Å². The van der Waals surface area contributed by atoms with Gasteiger partial charge in [0, 0.05) is 4.90 Å². The minimum absolute atomic E-state index is 0.581. The lowest BCUT2D eigenvalue weighted by atomic mass is 10.1. The van der Waals surface area contributed by atoms with E-state index in [4.69, 9.17) is 10.2 Å². The Labute approximate surface area is 97.9 Å². The number of benzene rings is 1. The van der Waals surface area contributed by atoms with E-state index < -0.39 is 23.4 Å². The zero-order valence-electron chi connectivity index (χ0n) is 8.83. The summed E-state index contributed by atoms with van der Waals surface area (Å²) in [5, 5.41) is 27.5. The number of hydrogen-bond donors (Lipinski definition) is 3. The topological polar surface area (TPSA) is 77.8 Å². The Hall–Kier alpha value is -1.04. The second kappa shape index (κ2) is 5.34. The van der Waals surface area contributed by atoms with Crippen molar-refractivity contribution in [2.45, 2.75) is 22.7 Å². The van der Waals surface area contributed by atoms with Crippen LogP contribution in [-0.4, -0.2) is 38.7 Å². The molecular formula is C11H14O4S. The molecular weight excluding hydrogens is 228 g/mol. The quantitative estimate of drug-likeness (QED) is 0.671. The van der Waals surface area contributed by atoms with Crippen LogP contribution in [0.3, 0.4) is 0 Å². The molecule has 16 heavy (non-hydrogen) atoms. The van der Waals surface area contributed by atoms with Crippen LogP contribution in [-0.2, 0) is 4.79 Å². The minimum atomic E-state index is -1.45. The molecule has 88 valence electrons. The molecule has 1 rings (SSSR count). The van der Waals surface area contributed by atoms with Crippen molar-refractivity contribution in [3.8, 4) is 0 Å². The highest BCUT2D eigenvalue weighted by molar-refractivity contribution is 8.01.